The molecule has 1 N–H and O–H groups in total. The minimum absolute atomic E-state index is 1.74. The Labute approximate surface area is 50.4 Å². The van der Waals surface area contributed by atoms with Crippen LogP contribution < -0.4 is 5.32 Å². The van der Waals surface area contributed by atoms with Gasteiger partial charge in [0.25, 0.3) is 0 Å². The maximum atomic E-state index is 3.52. The third-order valence-electron chi connectivity index (χ3n) is 0.621. The molecule has 1 nitrogen and oxygen atoms in total. The molecule has 0 aliphatic heterocycles. The molecule has 0 spiro atoms. The maximum Gasteiger partial charge on any atom is 0.00277 e. The van der Waals surface area contributed by atoms with Crippen molar-refractivity contribution in [2.24, 2.45) is 0 Å². The van der Waals surface area contributed by atoms with Crippen molar-refractivity contribution in [2.75, 3.05) is 7.05 Å². The summed E-state index contributed by atoms with van der Waals surface area (Å²) in [6.45, 7) is 3.52. The summed E-state index contributed by atoms with van der Waals surface area (Å²) in [5.74, 6) is 0. The molecule has 0 aliphatic carbocycles. The van der Waals surface area contributed by atoms with Gasteiger partial charge in [0.1, 0.15) is 0 Å². The Hall–Kier alpha value is -0.980. The lowest BCUT2D eigenvalue weighted by molar-refractivity contribution is 1.10. The molecule has 8 heavy (non-hydrogen) atoms. The lowest BCUT2D eigenvalue weighted by atomic mass is 10.5. The van der Waals surface area contributed by atoms with Gasteiger partial charge in [0.05, 0.1) is 0 Å². The van der Waals surface area contributed by atoms with Gasteiger partial charge in [-0.2, -0.15) is 0 Å². The van der Waals surface area contributed by atoms with E-state index in [4.69, 9.17) is 0 Å². The molecular formula is C7H11N. The Bertz CT molecular complexity index is 101. The molecule has 0 saturated heterocycles. The van der Waals surface area contributed by atoms with E-state index < -0.39 is 0 Å². The van der Waals surface area contributed by atoms with Gasteiger partial charge in [0.2, 0.25) is 0 Å². The molecule has 0 rings (SSSR count). The van der Waals surface area contributed by atoms with Gasteiger partial charge in [-0.25, -0.2) is 0 Å². The quantitative estimate of drug-likeness (QED) is 0.541. The molecule has 44 valence electrons. The molecule has 0 atom stereocenters. The van der Waals surface area contributed by atoms with Crippen LogP contribution in [0.3, 0.4) is 0 Å². The first-order valence-electron chi connectivity index (χ1n) is 2.53. The first-order valence-corrected chi connectivity index (χ1v) is 2.53. The maximum absolute atomic E-state index is 3.52. The highest BCUT2D eigenvalue weighted by Gasteiger charge is 1.56. The van der Waals surface area contributed by atoms with E-state index in [0.29, 0.717) is 0 Å². The molecular weight excluding hydrogens is 98.1 g/mol. The molecule has 0 amide bonds. The molecule has 0 aliphatic rings. The van der Waals surface area contributed by atoms with Crippen LogP contribution in [0, 0.1) is 0 Å². The zero-order valence-corrected chi connectivity index (χ0v) is 5.09. The van der Waals surface area contributed by atoms with Crippen molar-refractivity contribution in [1.29, 1.82) is 0 Å². The Morgan fingerprint density at radius 3 is 2.50 bits per heavy atom. The largest absolute Gasteiger partial charge is 0.394 e. The van der Waals surface area contributed by atoms with Crippen molar-refractivity contribution < 1.29 is 0 Å². The highest BCUT2D eigenvalue weighted by Crippen LogP contribution is 1.73. The van der Waals surface area contributed by atoms with Crippen molar-refractivity contribution in [3.63, 3.8) is 0 Å². The third kappa shape index (κ3) is 5.02. The fraction of sp³-hybridized carbons (Fsp3) is 0.143. The van der Waals surface area contributed by atoms with Crippen molar-refractivity contribution >= 4 is 0 Å². The van der Waals surface area contributed by atoms with Crippen molar-refractivity contribution in [1.82, 2.24) is 5.32 Å². The topological polar surface area (TPSA) is 12.0 Å². The highest BCUT2D eigenvalue weighted by molar-refractivity contribution is 5.07. The first-order chi connectivity index (χ1) is 3.91. The average Bonchev–Trinajstić information content (AvgIpc) is 1.81. The second-order valence-electron chi connectivity index (χ2n) is 1.27. The van der Waals surface area contributed by atoms with Gasteiger partial charge in [-0.3, -0.25) is 0 Å². The fourth-order valence-corrected chi connectivity index (χ4v) is 0.294. The standard InChI is InChI=1S/C7H11N/c1-3-4-5-6-7-8-2/h3-8H,1H2,2H3/b5-4+,7-6+. The van der Waals surface area contributed by atoms with Gasteiger partial charge in [-0.05, 0) is 12.3 Å². The normalized spacial score (nSPS) is 10.6. The summed E-state index contributed by atoms with van der Waals surface area (Å²) in [4.78, 5) is 0. The van der Waals surface area contributed by atoms with Gasteiger partial charge >= 0.3 is 0 Å². The van der Waals surface area contributed by atoms with Gasteiger partial charge in [-0.15, -0.1) is 0 Å². The van der Waals surface area contributed by atoms with Crippen LogP contribution in [-0.4, -0.2) is 7.05 Å². The van der Waals surface area contributed by atoms with Crippen LogP contribution in [0.1, 0.15) is 0 Å². The van der Waals surface area contributed by atoms with Gasteiger partial charge in [0, 0.05) is 7.05 Å². The van der Waals surface area contributed by atoms with Crippen molar-refractivity contribution in [2.45, 2.75) is 0 Å². The summed E-state index contributed by atoms with van der Waals surface area (Å²) in [7, 11) is 1.86. The Kier molecular flexibility index (Phi) is 5.28. The smallest absolute Gasteiger partial charge is 0.00277 e. The zero-order chi connectivity index (χ0) is 6.24. The van der Waals surface area contributed by atoms with Crippen LogP contribution in [-0.2, 0) is 0 Å². The Balaban J connectivity index is 3.26. The summed E-state index contributed by atoms with van der Waals surface area (Å²) in [5, 5.41) is 2.86. The number of rotatable bonds is 3. The SMILES string of the molecule is C=C/C=C/C=C/NC. The van der Waals surface area contributed by atoms with E-state index in [1.807, 2.05) is 31.5 Å². The molecule has 1 heteroatoms. The number of hydrogen-bond acceptors (Lipinski definition) is 1. The molecule has 0 heterocycles. The number of nitrogens with one attached hydrogen (secondary N) is 1. The first kappa shape index (κ1) is 7.02. The fourth-order valence-electron chi connectivity index (χ4n) is 0.294. The van der Waals surface area contributed by atoms with Crippen LogP contribution in [0.2, 0.25) is 0 Å². The Morgan fingerprint density at radius 1 is 1.25 bits per heavy atom. The van der Waals surface area contributed by atoms with E-state index in [1.54, 1.807) is 6.08 Å². The van der Waals surface area contributed by atoms with Crippen LogP contribution in [0.4, 0.5) is 0 Å². The summed E-state index contributed by atoms with van der Waals surface area (Å²) in [5.41, 5.74) is 0. The van der Waals surface area contributed by atoms with E-state index in [0.717, 1.165) is 0 Å². The zero-order valence-electron chi connectivity index (χ0n) is 5.09. The summed E-state index contributed by atoms with van der Waals surface area (Å²) >= 11 is 0. The third-order valence-corrected chi connectivity index (χ3v) is 0.621. The summed E-state index contributed by atoms with van der Waals surface area (Å²) < 4.78 is 0. The van der Waals surface area contributed by atoms with Crippen molar-refractivity contribution in [3.8, 4) is 0 Å². The molecule has 0 unspecified atom stereocenters. The molecule has 0 fully saturated rings. The molecule has 0 aromatic rings. The molecule has 0 aromatic heterocycles. The second-order valence-corrected chi connectivity index (χ2v) is 1.27. The Morgan fingerprint density at radius 2 is 2.00 bits per heavy atom. The van der Waals surface area contributed by atoms with E-state index in [2.05, 4.69) is 11.9 Å². The van der Waals surface area contributed by atoms with Gasteiger partial charge in [0.15, 0.2) is 0 Å². The number of hydrogen-bond donors (Lipinski definition) is 1. The molecule has 0 radical (unpaired) electrons. The van der Waals surface area contributed by atoms with Crippen LogP contribution in [0.5, 0.6) is 0 Å². The molecule has 0 saturated carbocycles. The van der Waals surface area contributed by atoms with Crippen LogP contribution in [0.15, 0.2) is 37.1 Å². The minimum atomic E-state index is 1.74. The lowest BCUT2D eigenvalue weighted by Crippen LogP contribution is -1.89. The minimum Gasteiger partial charge on any atom is -0.394 e. The van der Waals surface area contributed by atoms with Gasteiger partial charge in [-0.1, -0.05) is 24.8 Å². The van der Waals surface area contributed by atoms with E-state index >= 15 is 0 Å². The van der Waals surface area contributed by atoms with E-state index in [1.165, 1.54) is 0 Å². The lowest BCUT2D eigenvalue weighted by Gasteiger charge is -1.77. The second kappa shape index (κ2) is 6.02. The van der Waals surface area contributed by atoms with E-state index in [9.17, 15) is 0 Å². The van der Waals surface area contributed by atoms with Gasteiger partial charge < -0.3 is 5.32 Å². The predicted molar refractivity (Wildman–Crippen MR) is 37.5 cm³/mol. The van der Waals surface area contributed by atoms with Crippen LogP contribution in [0.25, 0.3) is 0 Å². The average molecular weight is 109 g/mol. The van der Waals surface area contributed by atoms with Crippen molar-refractivity contribution in [3.05, 3.63) is 37.1 Å². The highest BCUT2D eigenvalue weighted by atomic mass is 14.8. The monoisotopic (exact) mass is 109 g/mol. The summed E-state index contributed by atoms with van der Waals surface area (Å²) in [6.07, 6.45) is 9.26. The predicted octanol–water partition coefficient (Wildman–Crippen LogP) is 1.46. The van der Waals surface area contributed by atoms with E-state index in [-0.39, 0.29) is 0 Å². The molecule has 0 bridgehead atoms. The number of allylic oxidation sites excluding steroid dienone is 4. The van der Waals surface area contributed by atoms with Crippen LogP contribution >= 0.6 is 0 Å². The summed E-state index contributed by atoms with van der Waals surface area (Å²) in [6, 6.07) is 0. The molecule has 0 aromatic carbocycles.